The molecule has 0 unspecified atom stereocenters. The van der Waals surface area contributed by atoms with Crippen molar-refractivity contribution in [1.82, 2.24) is 4.72 Å². The van der Waals surface area contributed by atoms with E-state index < -0.39 is 0 Å². The fourth-order valence-electron chi connectivity index (χ4n) is 0.972. The number of hydrogen-bond acceptors (Lipinski definition) is 4. The highest BCUT2D eigenvalue weighted by molar-refractivity contribution is 8.67. The van der Waals surface area contributed by atoms with E-state index in [0.29, 0.717) is 17.6 Å². The molecule has 0 bridgehead atoms. The minimum atomic E-state index is -0.271. The summed E-state index contributed by atoms with van der Waals surface area (Å²) in [4.78, 5) is 0. The molecule has 0 atom stereocenters. The van der Waals surface area contributed by atoms with Gasteiger partial charge in [0.25, 0.3) is 0 Å². The van der Waals surface area contributed by atoms with E-state index in [-0.39, 0.29) is 13.3 Å². The molecule has 0 aliphatic rings. The number of rotatable bonds is 4. The average molecular weight is 217 g/mol. The van der Waals surface area contributed by atoms with E-state index in [0.717, 1.165) is 11.0 Å². The average Bonchev–Trinajstić information content (AvgIpc) is 2.17. The molecule has 6 heteroatoms. The minimum absolute atomic E-state index is 0.0682. The van der Waals surface area contributed by atoms with Gasteiger partial charge >= 0.3 is 7.48 Å². The Kier molecular flexibility index (Phi) is 4.65. The molecule has 0 heterocycles. The van der Waals surface area contributed by atoms with Crippen LogP contribution in [-0.4, -0.2) is 12.5 Å². The van der Waals surface area contributed by atoms with Crippen LogP contribution in [0.3, 0.4) is 0 Å². The van der Waals surface area contributed by atoms with Crippen molar-refractivity contribution in [3.05, 3.63) is 29.6 Å². The first-order valence-electron chi connectivity index (χ1n) is 3.69. The highest BCUT2D eigenvalue weighted by atomic mass is 33.1. The van der Waals surface area contributed by atoms with Crippen molar-refractivity contribution in [3.8, 4) is 0 Å². The predicted octanol–water partition coefficient (Wildman–Crippen LogP) is 0.377. The van der Waals surface area contributed by atoms with Gasteiger partial charge in [-0.25, -0.2) is 4.39 Å². The van der Waals surface area contributed by atoms with Crippen molar-refractivity contribution in [2.75, 3.05) is 0 Å². The second-order valence-electron chi connectivity index (χ2n) is 2.50. The molecule has 1 aromatic carbocycles. The van der Waals surface area contributed by atoms with E-state index in [1.165, 1.54) is 6.07 Å². The van der Waals surface area contributed by atoms with Crippen molar-refractivity contribution >= 4 is 35.6 Å². The van der Waals surface area contributed by atoms with Gasteiger partial charge in [0.15, 0.2) is 0 Å². The van der Waals surface area contributed by atoms with Crippen LogP contribution < -0.4 is 10.2 Å². The molecule has 0 aliphatic heterocycles. The molecular formula is C7H9BFNOS2. The van der Waals surface area contributed by atoms with Crippen LogP contribution in [-0.2, 0) is 6.54 Å². The van der Waals surface area contributed by atoms with Crippen LogP contribution in [0.1, 0.15) is 5.56 Å². The van der Waals surface area contributed by atoms with E-state index in [1.54, 1.807) is 12.1 Å². The van der Waals surface area contributed by atoms with Crippen molar-refractivity contribution in [2.24, 2.45) is 0 Å². The molecular weight excluding hydrogens is 208 g/mol. The molecule has 0 fully saturated rings. The van der Waals surface area contributed by atoms with Gasteiger partial charge in [-0.05, 0) is 17.0 Å². The summed E-state index contributed by atoms with van der Waals surface area (Å²) in [6.45, 7) is 0.397. The highest BCUT2D eigenvalue weighted by Gasteiger charge is 2.03. The SMILES string of the molecule is OBc1ccc(F)c(CNSS)c1. The van der Waals surface area contributed by atoms with Crippen LogP contribution in [0.2, 0.25) is 0 Å². The third-order valence-electron chi connectivity index (χ3n) is 1.62. The summed E-state index contributed by atoms with van der Waals surface area (Å²) in [5.74, 6) is -0.271. The Labute approximate surface area is 86.1 Å². The lowest BCUT2D eigenvalue weighted by Crippen LogP contribution is -2.16. The number of benzene rings is 1. The van der Waals surface area contributed by atoms with Gasteiger partial charge in [0, 0.05) is 12.1 Å². The maximum absolute atomic E-state index is 13.1. The molecule has 70 valence electrons. The zero-order valence-corrected chi connectivity index (χ0v) is 8.54. The molecule has 0 saturated heterocycles. The Bertz CT molecular complexity index is 287. The lowest BCUT2D eigenvalue weighted by Gasteiger charge is -2.04. The van der Waals surface area contributed by atoms with Gasteiger partial charge in [0.2, 0.25) is 0 Å². The molecule has 0 radical (unpaired) electrons. The van der Waals surface area contributed by atoms with E-state index in [2.05, 4.69) is 16.4 Å². The largest absolute Gasteiger partial charge is 0.449 e. The van der Waals surface area contributed by atoms with Crippen LogP contribution >= 0.6 is 22.6 Å². The summed E-state index contributed by atoms with van der Waals surface area (Å²) in [6, 6.07) is 4.55. The van der Waals surface area contributed by atoms with Gasteiger partial charge in [-0.1, -0.05) is 29.3 Å². The van der Waals surface area contributed by atoms with E-state index in [4.69, 9.17) is 5.02 Å². The van der Waals surface area contributed by atoms with Crippen molar-refractivity contribution in [1.29, 1.82) is 0 Å². The molecule has 13 heavy (non-hydrogen) atoms. The molecule has 1 rings (SSSR count). The predicted molar refractivity (Wildman–Crippen MR) is 58.8 cm³/mol. The molecule has 2 nitrogen and oxygen atoms in total. The smallest absolute Gasteiger partial charge is 0.304 e. The van der Waals surface area contributed by atoms with Gasteiger partial charge in [0.1, 0.15) is 5.82 Å². The quantitative estimate of drug-likeness (QED) is 0.295. The van der Waals surface area contributed by atoms with Crippen molar-refractivity contribution in [3.63, 3.8) is 0 Å². The molecule has 0 saturated carbocycles. The normalized spacial score (nSPS) is 10.1. The lowest BCUT2D eigenvalue weighted by molar-refractivity contribution is 0.606. The van der Waals surface area contributed by atoms with Crippen LogP contribution in [0.5, 0.6) is 0 Å². The topological polar surface area (TPSA) is 32.3 Å². The van der Waals surface area contributed by atoms with Gasteiger partial charge in [-0.15, -0.1) is 0 Å². The van der Waals surface area contributed by atoms with Gasteiger partial charge in [-0.3, -0.25) is 4.72 Å². The Morgan fingerprint density at radius 1 is 1.62 bits per heavy atom. The second kappa shape index (κ2) is 5.54. The number of halogens is 1. The zero-order chi connectivity index (χ0) is 9.68. The second-order valence-corrected chi connectivity index (χ2v) is 3.52. The maximum atomic E-state index is 13.1. The minimum Gasteiger partial charge on any atom is -0.449 e. The molecule has 0 aromatic heterocycles. The third-order valence-corrected chi connectivity index (χ3v) is 2.28. The van der Waals surface area contributed by atoms with E-state index >= 15 is 0 Å². The number of hydrogen-bond donors (Lipinski definition) is 3. The molecule has 1 aromatic rings. The molecule has 0 spiro atoms. The summed E-state index contributed by atoms with van der Waals surface area (Å²) in [7, 11) is 1.07. The molecule has 2 N–H and O–H groups in total. The van der Waals surface area contributed by atoms with Crippen LogP contribution in [0.25, 0.3) is 0 Å². The first-order valence-corrected chi connectivity index (χ1v) is 5.56. The van der Waals surface area contributed by atoms with Crippen LogP contribution in [0, 0.1) is 5.82 Å². The first kappa shape index (κ1) is 10.9. The summed E-state index contributed by atoms with van der Waals surface area (Å²) >= 11 is 3.87. The summed E-state index contributed by atoms with van der Waals surface area (Å²) in [5.41, 5.74) is 1.25. The standard InChI is InChI=1S/C7H9BFNOS2/c9-7-2-1-6(8-11)3-5(7)4-10-13-12/h1-3,8,10-12H,4H2. The van der Waals surface area contributed by atoms with Gasteiger partial charge in [-0.2, -0.15) is 0 Å². The van der Waals surface area contributed by atoms with E-state index in [9.17, 15) is 4.39 Å². The maximum Gasteiger partial charge on any atom is 0.304 e. The van der Waals surface area contributed by atoms with Gasteiger partial charge in [0.05, 0.1) is 0 Å². The summed E-state index contributed by atoms with van der Waals surface area (Å²) in [5, 5.41) is 8.82. The highest BCUT2D eigenvalue weighted by Crippen LogP contribution is 2.07. The molecule has 0 amide bonds. The molecule has 0 aliphatic carbocycles. The Balaban J connectivity index is 2.78. The Morgan fingerprint density at radius 3 is 3.00 bits per heavy atom. The zero-order valence-electron chi connectivity index (χ0n) is 6.83. The van der Waals surface area contributed by atoms with Crippen molar-refractivity contribution < 1.29 is 9.41 Å². The Morgan fingerprint density at radius 2 is 2.38 bits per heavy atom. The summed E-state index contributed by atoms with van der Waals surface area (Å²) < 4.78 is 15.9. The fourth-order valence-corrected chi connectivity index (χ4v) is 1.39. The number of thiol groups is 1. The fraction of sp³-hybridized carbons (Fsp3) is 0.143. The van der Waals surface area contributed by atoms with Gasteiger partial charge < -0.3 is 5.02 Å². The summed E-state index contributed by atoms with van der Waals surface area (Å²) in [6.07, 6.45) is 0. The van der Waals surface area contributed by atoms with Crippen molar-refractivity contribution in [2.45, 2.75) is 6.54 Å². The number of nitrogens with one attached hydrogen (secondary N) is 1. The monoisotopic (exact) mass is 217 g/mol. The Hall–Kier alpha value is -0.165. The van der Waals surface area contributed by atoms with Crippen LogP contribution in [0.4, 0.5) is 4.39 Å². The first-order chi connectivity index (χ1) is 6.27. The lowest BCUT2D eigenvalue weighted by atomic mass is 9.87. The van der Waals surface area contributed by atoms with Crippen LogP contribution in [0.15, 0.2) is 18.2 Å². The van der Waals surface area contributed by atoms with E-state index in [1.807, 2.05) is 0 Å². The third kappa shape index (κ3) is 3.23.